The Morgan fingerprint density at radius 3 is 2.67 bits per heavy atom. The Morgan fingerprint density at radius 1 is 1.22 bits per heavy atom. The third kappa shape index (κ3) is 5.24. The van der Waals surface area contributed by atoms with Gasteiger partial charge in [-0.1, -0.05) is 60.0 Å². The Kier molecular flexibility index (Phi) is 7.14. The van der Waals surface area contributed by atoms with E-state index in [2.05, 4.69) is 28.5 Å². The number of thioether (sulfide) groups is 2. The average molecular weight is 423 g/mol. The Morgan fingerprint density at radius 2 is 1.93 bits per heavy atom. The summed E-state index contributed by atoms with van der Waals surface area (Å²) in [4.78, 5) is 26.2. The van der Waals surface area contributed by atoms with Crippen LogP contribution in [0.25, 0.3) is 0 Å². The molecule has 1 aromatic carbocycles. The van der Waals surface area contributed by atoms with Gasteiger partial charge in [0.1, 0.15) is 0 Å². The lowest BCUT2D eigenvalue weighted by atomic mass is 10.1. The molecule has 0 fully saturated rings. The number of para-hydroxylation sites is 1. The lowest BCUT2D eigenvalue weighted by Gasteiger charge is -2.22. The van der Waals surface area contributed by atoms with Crippen LogP contribution in [0, 0.1) is 0 Å². The van der Waals surface area contributed by atoms with Crippen molar-refractivity contribution in [3.63, 3.8) is 0 Å². The zero-order valence-corrected chi connectivity index (χ0v) is 17.8. The third-order valence-corrected chi connectivity index (χ3v) is 7.26. The van der Waals surface area contributed by atoms with Gasteiger partial charge in [0.15, 0.2) is 8.68 Å². The molecular weight excluding hydrogens is 400 g/mol. The number of anilines is 1. The van der Waals surface area contributed by atoms with Crippen molar-refractivity contribution < 1.29 is 9.59 Å². The first kappa shape index (κ1) is 20.2. The summed E-state index contributed by atoms with van der Waals surface area (Å²) >= 11 is 4.20. The number of amides is 2. The maximum atomic E-state index is 12.7. The summed E-state index contributed by atoms with van der Waals surface area (Å²) in [5, 5.41) is 11.1. The number of nitrogens with one attached hydrogen (secondary N) is 1. The van der Waals surface area contributed by atoms with E-state index in [1.54, 1.807) is 0 Å². The number of rotatable bonds is 8. The minimum absolute atomic E-state index is 0.00289. The van der Waals surface area contributed by atoms with Gasteiger partial charge in [0.25, 0.3) is 0 Å². The van der Waals surface area contributed by atoms with Gasteiger partial charge in [0, 0.05) is 18.3 Å². The topological polar surface area (TPSA) is 75.2 Å². The number of benzene rings is 1. The second kappa shape index (κ2) is 9.57. The van der Waals surface area contributed by atoms with Crippen LogP contribution in [0.2, 0.25) is 0 Å². The van der Waals surface area contributed by atoms with Gasteiger partial charge in [-0.2, -0.15) is 0 Å². The highest BCUT2D eigenvalue weighted by Crippen LogP contribution is 2.34. The molecule has 2 amide bonds. The molecule has 1 aliphatic heterocycles. The number of aromatic nitrogens is 2. The van der Waals surface area contributed by atoms with Crippen molar-refractivity contribution in [1.29, 1.82) is 0 Å². The molecule has 0 spiro atoms. The van der Waals surface area contributed by atoms with Crippen LogP contribution < -0.4 is 10.2 Å². The predicted molar refractivity (Wildman–Crippen MR) is 112 cm³/mol. The van der Waals surface area contributed by atoms with Gasteiger partial charge < -0.3 is 10.2 Å². The Balaban J connectivity index is 1.50. The van der Waals surface area contributed by atoms with Gasteiger partial charge in [-0.25, -0.2) is 0 Å². The van der Waals surface area contributed by atoms with Crippen LogP contribution in [0.3, 0.4) is 0 Å². The van der Waals surface area contributed by atoms with E-state index in [0.29, 0.717) is 18.1 Å². The molecule has 6 nitrogen and oxygen atoms in total. The highest BCUT2D eigenvalue weighted by Gasteiger charge is 2.30. The van der Waals surface area contributed by atoms with E-state index in [1.165, 1.54) is 40.4 Å². The monoisotopic (exact) mass is 422 g/mol. The van der Waals surface area contributed by atoms with Crippen molar-refractivity contribution in [1.82, 2.24) is 15.5 Å². The standard InChI is InChI=1S/C18H22N4O2S3/c1-3-8-19-15(23)10-25-17-20-21-18(27-17)26-11-16(24)22-12(2)9-13-6-4-5-7-14(13)22/h4-7,12H,3,8-11H2,1-2H3,(H,19,23). The fourth-order valence-corrected chi connectivity index (χ4v) is 5.60. The largest absolute Gasteiger partial charge is 0.355 e. The zero-order valence-electron chi connectivity index (χ0n) is 15.3. The molecule has 1 aromatic heterocycles. The molecular formula is C18H22N4O2S3. The molecule has 144 valence electrons. The molecule has 2 heterocycles. The molecule has 1 N–H and O–H groups in total. The van der Waals surface area contributed by atoms with Crippen molar-refractivity contribution in [3.05, 3.63) is 29.8 Å². The number of nitrogens with zero attached hydrogens (tertiary/aromatic N) is 3. The lowest BCUT2D eigenvalue weighted by Crippen LogP contribution is -2.36. The normalized spacial score (nSPS) is 15.6. The van der Waals surface area contributed by atoms with Crippen molar-refractivity contribution in [2.75, 3.05) is 23.0 Å². The lowest BCUT2D eigenvalue weighted by molar-refractivity contribution is -0.118. The zero-order chi connectivity index (χ0) is 19.2. The molecule has 9 heteroatoms. The third-order valence-electron chi connectivity index (χ3n) is 4.08. The molecule has 0 saturated carbocycles. The van der Waals surface area contributed by atoms with E-state index in [-0.39, 0.29) is 17.9 Å². The van der Waals surface area contributed by atoms with Crippen LogP contribution in [0.5, 0.6) is 0 Å². The Bertz CT molecular complexity index is 811. The molecule has 1 atom stereocenters. The molecule has 27 heavy (non-hydrogen) atoms. The summed E-state index contributed by atoms with van der Waals surface area (Å²) in [6, 6.07) is 8.24. The first-order valence-corrected chi connectivity index (χ1v) is 11.6. The molecule has 3 rings (SSSR count). The second-order valence-corrected chi connectivity index (χ2v) is 9.63. The van der Waals surface area contributed by atoms with Gasteiger partial charge in [0.05, 0.1) is 11.5 Å². The molecule has 1 unspecified atom stereocenters. The van der Waals surface area contributed by atoms with Crippen molar-refractivity contribution >= 4 is 52.4 Å². The predicted octanol–water partition coefficient (Wildman–Crippen LogP) is 3.23. The Labute approximate surface area is 171 Å². The van der Waals surface area contributed by atoms with E-state index in [0.717, 1.165) is 27.2 Å². The number of fused-ring (bicyclic) bond motifs is 1. The SMILES string of the molecule is CCCNC(=O)CSc1nnc(SCC(=O)N2c3ccccc3CC2C)s1. The Hall–Kier alpha value is -1.58. The summed E-state index contributed by atoms with van der Waals surface area (Å²) < 4.78 is 1.50. The summed E-state index contributed by atoms with van der Waals surface area (Å²) in [5.74, 6) is 0.749. The van der Waals surface area contributed by atoms with Gasteiger partial charge in [-0.15, -0.1) is 10.2 Å². The van der Waals surface area contributed by atoms with E-state index >= 15 is 0 Å². The van der Waals surface area contributed by atoms with Gasteiger partial charge in [0.2, 0.25) is 11.8 Å². The quantitative estimate of drug-likeness (QED) is 0.659. The molecule has 1 aliphatic rings. The van der Waals surface area contributed by atoms with Crippen LogP contribution in [0.15, 0.2) is 32.9 Å². The van der Waals surface area contributed by atoms with Crippen molar-refractivity contribution in [2.24, 2.45) is 0 Å². The summed E-state index contributed by atoms with van der Waals surface area (Å²) in [6.45, 7) is 4.78. The first-order chi connectivity index (χ1) is 13.1. The van der Waals surface area contributed by atoms with Crippen LogP contribution in [0.4, 0.5) is 5.69 Å². The molecule has 2 aromatic rings. The molecule has 0 saturated heterocycles. The summed E-state index contributed by atoms with van der Waals surface area (Å²) in [6.07, 6.45) is 1.82. The van der Waals surface area contributed by atoms with Gasteiger partial charge >= 0.3 is 0 Å². The van der Waals surface area contributed by atoms with E-state index in [4.69, 9.17) is 0 Å². The number of hydrogen-bond acceptors (Lipinski definition) is 7. The van der Waals surface area contributed by atoms with Gasteiger partial charge in [-0.3, -0.25) is 9.59 Å². The van der Waals surface area contributed by atoms with Crippen LogP contribution in [-0.4, -0.2) is 46.1 Å². The highest BCUT2D eigenvalue weighted by atomic mass is 32.2. The van der Waals surface area contributed by atoms with Crippen molar-refractivity contribution in [3.8, 4) is 0 Å². The number of carbonyl (C=O) groups excluding carboxylic acids is 2. The molecule has 0 radical (unpaired) electrons. The minimum Gasteiger partial charge on any atom is -0.355 e. The van der Waals surface area contributed by atoms with Crippen molar-refractivity contribution in [2.45, 2.75) is 41.4 Å². The first-order valence-electron chi connectivity index (χ1n) is 8.84. The smallest absolute Gasteiger partial charge is 0.237 e. The minimum atomic E-state index is 0.00289. The van der Waals surface area contributed by atoms with E-state index < -0.39 is 0 Å². The van der Waals surface area contributed by atoms with Gasteiger partial charge in [-0.05, 0) is 31.4 Å². The van der Waals surface area contributed by atoms with Crippen LogP contribution in [-0.2, 0) is 16.0 Å². The number of hydrogen-bond donors (Lipinski definition) is 1. The summed E-state index contributed by atoms with van der Waals surface area (Å²) in [5.41, 5.74) is 2.24. The van der Waals surface area contributed by atoms with Crippen LogP contribution in [0.1, 0.15) is 25.8 Å². The average Bonchev–Trinajstić information content (AvgIpc) is 3.25. The maximum Gasteiger partial charge on any atom is 0.237 e. The van der Waals surface area contributed by atoms with E-state index in [9.17, 15) is 9.59 Å². The fourth-order valence-electron chi connectivity index (χ4n) is 2.90. The fraction of sp³-hybridized carbons (Fsp3) is 0.444. The van der Waals surface area contributed by atoms with E-state index in [1.807, 2.05) is 30.0 Å². The highest BCUT2D eigenvalue weighted by molar-refractivity contribution is 8.03. The maximum absolute atomic E-state index is 12.7. The molecule has 0 aliphatic carbocycles. The summed E-state index contributed by atoms with van der Waals surface area (Å²) in [7, 11) is 0. The van der Waals surface area contributed by atoms with Crippen LogP contribution >= 0.6 is 34.9 Å². The number of carbonyl (C=O) groups is 2. The molecule has 0 bridgehead atoms. The second-order valence-electron chi connectivity index (χ2n) is 6.21.